The van der Waals surface area contributed by atoms with Crippen molar-refractivity contribution in [3.05, 3.63) is 40.2 Å². The molecule has 1 N–H and O–H groups in total. The third-order valence-electron chi connectivity index (χ3n) is 2.75. The summed E-state index contributed by atoms with van der Waals surface area (Å²) in [7, 11) is 1.44. The van der Waals surface area contributed by atoms with Crippen LogP contribution in [0.4, 0.5) is 5.69 Å². The highest BCUT2D eigenvalue weighted by Crippen LogP contribution is 2.27. The molecule has 0 bridgehead atoms. The molecule has 0 unspecified atom stereocenters. The number of aliphatic hydroxyl groups is 1. The zero-order valence-electron chi connectivity index (χ0n) is 10.9. The van der Waals surface area contributed by atoms with Crippen molar-refractivity contribution in [2.75, 3.05) is 13.7 Å². The van der Waals surface area contributed by atoms with Crippen LogP contribution in [-0.2, 0) is 6.42 Å². The number of benzene rings is 1. The predicted molar refractivity (Wildman–Crippen MR) is 70.0 cm³/mol. The van der Waals surface area contributed by atoms with E-state index in [0.717, 1.165) is 5.69 Å². The lowest BCUT2D eigenvalue weighted by Crippen LogP contribution is -2.00. The SMILES string of the molecule is COc1cc([N+](=O)[O-])ccc1-n1cc(CCCO)nn1. The molecule has 0 spiro atoms. The fraction of sp³-hybridized carbons (Fsp3) is 0.333. The highest BCUT2D eigenvalue weighted by Gasteiger charge is 2.14. The number of nitro groups is 1. The predicted octanol–water partition coefficient (Wildman–Crippen LogP) is 1.11. The molecule has 0 saturated heterocycles. The molecule has 106 valence electrons. The van der Waals surface area contributed by atoms with E-state index in [1.165, 1.54) is 23.9 Å². The first-order valence-electron chi connectivity index (χ1n) is 6.00. The van der Waals surface area contributed by atoms with E-state index in [9.17, 15) is 10.1 Å². The van der Waals surface area contributed by atoms with Crippen molar-refractivity contribution in [3.8, 4) is 11.4 Å². The Bertz CT molecular complexity index is 611. The number of nitro benzene ring substituents is 1. The van der Waals surface area contributed by atoms with Gasteiger partial charge in [-0.1, -0.05) is 5.21 Å². The summed E-state index contributed by atoms with van der Waals surface area (Å²) in [4.78, 5) is 10.2. The second-order valence-corrected chi connectivity index (χ2v) is 4.09. The van der Waals surface area contributed by atoms with Crippen LogP contribution >= 0.6 is 0 Å². The van der Waals surface area contributed by atoms with Gasteiger partial charge in [0.15, 0.2) is 5.75 Å². The number of aromatic nitrogens is 3. The van der Waals surface area contributed by atoms with E-state index >= 15 is 0 Å². The number of ether oxygens (including phenoxy) is 1. The maximum absolute atomic E-state index is 10.7. The van der Waals surface area contributed by atoms with Gasteiger partial charge in [0.1, 0.15) is 5.69 Å². The van der Waals surface area contributed by atoms with E-state index in [1.54, 1.807) is 12.3 Å². The Balaban J connectivity index is 2.32. The minimum absolute atomic E-state index is 0.0498. The average molecular weight is 278 g/mol. The molecule has 1 heterocycles. The van der Waals surface area contributed by atoms with Gasteiger partial charge in [0.05, 0.1) is 30.0 Å². The maximum Gasteiger partial charge on any atom is 0.273 e. The van der Waals surface area contributed by atoms with E-state index in [1.807, 2.05) is 0 Å². The molecule has 0 saturated carbocycles. The Morgan fingerprint density at radius 3 is 2.95 bits per heavy atom. The van der Waals surface area contributed by atoms with Crippen molar-refractivity contribution in [1.82, 2.24) is 15.0 Å². The fourth-order valence-electron chi connectivity index (χ4n) is 1.76. The van der Waals surface area contributed by atoms with E-state index < -0.39 is 4.92 Å². The third-order valence-corrected chi connectivity index (χ3v) is 2.75. The number of aliphatic hydroxyl groups excluding tert-OH is 1. The molecule has 1 aromatic carbocycles. The van der Waals surface area contributed by atoms with Crippen molar-refractivity contribution in [2.45, 2.75) is 12.8 Å². The van der Waals surface area contributed by atoms with Gasteiger partial charge in [-0.05, 0) is 18.9 Å². The Morgan fingerprint density at radius 1 is 1.50 bits per heavy atom. The van der Waals surface area contributed by atoms with Crippen molar-refractivity contribution in [3.63, 3.8) is 0 Å². The highest BCUT2D eigenvalue weighted by molar-refractivity contribution is 5.52. The summed E-state index contributed by atoms with van der Waals surface area (Å²) >= 11 is 0. The number of hydrogen-bond donors (Lipinski definition) is 1. The molecule has 0 aliphatic heterocycles. The number of non-ortho nitro benzene ring substituents is 1. The van der Waals surface area contributed by atoms with Gasteiger partial charge >= 0.3 is 0 Å². The fourth-order valence-corrected chi connectivity index (χ4v) is 1.76. The molecule has 0 radical (unpaired) electrons. The molecule has 20 heavy (non-hydrogen) atoms. The molecule has 2 rings (SSSR count). The van der Waals surface area contributed by atoms with Gasteiger partial charge in [0, 0.05) is 12.7 Å². The molecule has 0 aliphatic carbocycles. The summed E-state index contributed by atoms with van der Waals surface area (Å²) in [5.41, 5.74) is 1.26. The lowest BCUT2D eigenvalue weighted by Gasteiger charge is -2.07. The van der Waals surface area contributed by atoms with E-state index in [2.05, 4.69) is 10.3 Å². The molecular formula is C12H14N4O4. The smallest absolute Gasteiger partial charge is 0.273 e. The molecule has 1 aromatic heterocycles. The molecule has 0 fully saturated rings. The van der Waals surface area contributed by atoms with Crippen molar-refractivity contribution in [1.29, 1.82) is 0 Å². The zero-order chi connectivity index (χ0) is 14.5. The Kier molecular flexibility index (Phi) is 4.26. The lowest BCUT2D eigenvalue weighted by molar-refractivity contribution is -0.384. The Labute approximate surface area is 114 Å². The van der Waals surface area contributed by atoms with Crippen molar-refractivity contribution in [2.24, 2.45) is 0 Å². The average Bonchev–Trinajstić information content (AvgIpc) is 2.92. The maximum atomic E-state index is 10.7. The summed E-state index contributed by atoms with van der Waals surface area (Å²) in [5, 5.41) is 27.4. The summed E-state index contributed by atoms with van der Waals surface area (Å²) in [5.74, 6) is 0.345. The van der Waals surface area contributed by atoms with Crippen LogP contribution in [0.3, 0.4) is 0 Å². The number of aryl methyl sites for hydroxylation is 1. The van der Waals surface area contributed by atoms with Gasteiger partial charge in [-0.3, -0.25) is 10.1 Å². The van der Waals surface area contributed by atoms with Crippen LogP contribution in [0, 0.1) is 10.1 Å². The summed E-state index contributed by atoms with van der Waals surface area (Å²) < 4.78 is 6.64. The van der Waals surface area contributed by atoms with Gasteiger partial charge in [-0.25, -0.2) is 4.68 Å². The third kappa shape index (κ3) is 2.91. The monoisotopic (exact) mass is 278 g/mol. The first-order chi connectivity index (χ1) is 9.65. The first-order valence-corrected chi connectivity index (χ1v) is 6.00. The van der Waals surface area contributed by atoms with Gasteiger partial charge in [0.25, 0.3) is 5.69 Å². The van der Waals surface area contributed by atoms with Gasteiger partial charge in [-0.15, -0.1) is 5.10 Å². The van der Waals surface area contributed by atoms with E-state index in [-0.39, 0.29) is 12.3 Å². The zero-order valence-corrected chi connectivity index (χ0v) is 10.9. The largest absolute Gasteiger partial charge is 0.494 e. The van der Waals surface area contributed by atoms with Crippen LogP contribution in [0.25, 0.3) is 5.69 Å². The summed E-state index contributed by atoms with van der Waals surface area (Å²) in [6.45, 7) is 0.0910. The van der Waals surface area contributed by atoms with E-state index in [0.29, 0.717) is 24.3 Å². The van der Waals surface area contributed by atoms with Crippen LogP contribution in [0.2, 0.25) is 0 Å². The van der Waals surface area contributed by atoms with Gasteiger partial charge in [-0.2, -0.15) is 0 Å². The molecule has 8 heteroatoms. The van der Waals surface area contributed by atoms with Gasteiger partial charge in [0.2, 0.25) is 0 Å². The minimum atomic E-state index is -0.486. The number of hydrogen-bond acceptors (Lipinski definition) is 6. The molecule has 2 aromatic rings. The quantitative estimate of drug-likeness (QED) is 0.627. The van der Waals surface area contributed by atoms with Crippen LogP contribution in [0.5, 0.6) is 5.75 Å². The molecule has 0 atom stereocenters. The van der Waals surface area contributed by atoms with E-state index in [4.69, 9.17) is 9.84 Å². The van der Waals surface area contributed by atoms with Crippen LogP contribution in [0.1, 0.15) is 12.1 Å². The van der Waals surface area contributed by atoms with Crippen molar-refractivity contribution < 1.29 is 14.8 Å². The van der Waals surface area contributed by atoms with Crippen molar-refractivity contribution >= 4 is 5.69 Å². The topological polar surface area (TPSA) is 103 Å². The standard InChI is InChI=1S/C12H14N4O4/c1-20-12-7-10(16(18)19)4-5-11(12)15-8-9(13-14-15)3-2-6-17/h4-5,7-8,17H,2-3,6H2,1H3. The highest BCUT2D eigenvalue weighted by atomic mass is 16.6. The van der Waals surface area contributed by atoms with Crippen LogP contribution in [-0.4, -0.2) is 38.7 Å². The minimum Gasteiger partial charge on any atom is -0.494 e. The summed E-state index contributed by atoms with van der Waals surface area (Å²) in [6.07, 6.45) is 2.93. The number of methoxy groups -OCH3 is 1. The van der Waals surface area contributed by atoms with Crippen LogP contribution in [0.15, 0.2) is 24.4 Å². The van der Waals surface area contributed by atoms with Crippen LogP contribution < -0.4 is 4.74 Å². The van der Waals surface area contributed by atoms with Gasteiger partial charge < -0.3 is 9.84 Å². The first kappa shape index (κ1) is 13.9. The number of rotatable bonds is 6. The second kappa shape index (κ2) is 6.11. The number of nitrogens with zero attached hydrogens (tertiary/aromatic N) is 4. The Hall–Kier alpha value is -2.48. The molecule has 0 aliphatic rings. The molecule has 0 amide bonds. The second-order valence-electron chi connectivity index (χ2n) is 4.09. The molecular weight excluding hydrogens is 264 g/mol. The normalized spacial score (nSPS) is 10.5. The Morgan fingerprint density at radius 2 is 2.30 bits per heavy atom. The molecule has 8 nitrogen and oxygen atoms in total. The lowest BCUT2D eigenvalue weighted by atomic mass is 10.2. The summed E-state index contributed by atoms with van der Waals surface area (Å²) in [6, 6.07) is 4.28.